The Hall–Kier alpha value is -2.51. The molecule has 0 aliphatic heterocycles. The Morgan fingerprint density at radius 2 is 1.89 bits per heavy atom. The van der Waals surface area contributed by atoms with Crippen LogP contribution in [0.2, 0.25) is 0 Å². The quantitative estimate of drug-likeness (QED) is 0.648. The molecule has 19 heavy (non-hydrogen) atoms. The summed E-state index contributed by atoms with van der Waals surface area (Å²) in [7, 11) is 0. The fourth-order valence-electron chi connectivity index (χ4n) is 1.33. The van der Waals surface area contributed by atoms with Crippen LogP contribution in [0, 0.1) is 0 Å². The fraction of sp³-hybridized carbons (Fsp3) is 0.0909. The van der Waals surface area contributed by atoms with Gasteiger partial charge in [-0.2, -0.15) is 18.3 Å². The summed E-state index contributed by atoms with van der Waals surface area (Å²) in [4.78, 5) is 11.6. The first kappa shape index (κ1) is 12.9. The average Bonchev–Trinajstić information content (AvgIpc) is 2.75. The summed E-state index contributed by atoms with van der Waals surface area (Å²) in [6.07, 6.45) is -3.26. The molecule has 8 heteroatoms. The molecular formula is C11H8F3N3O2. The van der Waals surface area contributed by atoms with E-state index in [1.807, 2.05) is 0 Å². The summed E-state index contributed by atoms with van der Waals surface area (Å²) in [6.45, 7) is 0. The number of alkyl halides is 3. The number of halogens is 3. The molecule has 1 aromatic carbocycles. The van der Waals surface area contributed by atoms with Gasteiger partial charge in [0.1, 0.15) is 17.1 Å². The molecule has 0 atom stereocenters. The van der Waals surface area contributed by atoms with Crippen molar-refractivity contribution in [2.24, 2.45) is 0 Å². The number of carbonyl (C=O) groups is 1. The molecule has 5 nitrogen and oxygen atoms in total. The number of nitrogens with two attached hydrogens (primary N) is 1. The van der Waals surface area contributed by atoms with Gasteiger partial charge in [-0.05, 0) is 24.3 Å². The van der Waals surface area contributed by atoms with Gasteiger partial charge in [-0.1, -0.05) is 0 Å². The molecule has 0 bridgehead atoms. The molecule has 3 N–H and O–H groups in total. The van der Waals surface area contributed by atoms with E-state index in [2.05, 4.69) is 10.2 Å². The second-order valence-corrected chi connectivity index (χ2v) is 3.61. The lowest BCUT2D eigenvalue weighted by Crippen LogP contribution is -2.10. The highest BCUT2D eigenvalue weighted by molar-refractivity contribution is 5.95. The van der Waals surface area contributed by atoms with Crippen LogP contribution in [0.15, 0.2) is 30.5 Å². The van der Waals surface area contributed by atoms with Crippen molar-refractivity contribution in [2.45, 2.75) is 6.18 Å². The van der Waals surface area contributed by atoms with E-state index in [0.717, 1.165) is 24.3 Å². The number of hydrogen-bond donors (Lipinski definition) is 2. The highest BCUT2D eigenvalue weighted by Gasteiger charge is 2.30. The van der Waals surface area contributed by atoms with Crippen LogP contribution >= 0.6 is 0 Å². The molecule has 0 amide bonds. The van der Waals surface area contributed by atoms with E-state index in [1.54, 1.807) is 0 Å². The van der Waals surface area contributed by atoms with Crippen LogP contribution in [0.4, 0.5) is 19.0 Å². The zero-order valence-electron chi connectivity index (χ0n) is 9.36. The van der Waals surface area contributed by atoms with Gasteiger partial charge in [0.2, 0.25) is 0 Å². The number of esters is 1. The molecule has 0 fully saturated rings. The first-order valence-electron chi connectivity index (χ1n) is 5.06. The van der Waals surface area contributed by atoms with E-state index in [9.17, 15) is 18.0 Å². The molecule has 0 unspecified atom stereocenters. The monoisotopic (exact) mass is 271 g/mol. The zero-order chi connectivity index (χ0) is 14.0. The molecule has 2 aromatic rings. The molecule has 0 radical (unpaired) electrons. The maximum absolute atomic E-state index is 12.3. The molecule has 0 spiro atoms. The largest absolute Gasteiger partial charge is 0.423 e. The highest BCUT2D eigenvalue weighted by atomic mass is 19.4. The van der Waals surface area contributed by atoms with Crippen LogP contribution in [-0.2, 0) is 6.18 Å². The molecule has 0 saturated heterocycles. The minimum Gasteiger partial charge on any atom is -0.423 e. The molecule has 0 aliphatic carbocycles. The summed E-state index contributed by atoms with van der Waals surface area (Å²) in [5.41, 5.74) is 4.60. The van der Waals surface area contributed by atoms with Crippen LogP contribution in [0.25, 0.3) is 0 Å². The van der Waals surface area contributed by atoms with E-state index >= 15 is 0 Å². The van der Waals surface area contributed by atoms with E-state index in [0.29, 0.717) is 0 Å². The number of carbonyl (C=O) groups excluding carboxylic acids is 1. The van der Waals surface area contributed by atoms with E-state index in [4.69, 9.17) is 10.5 Å². The number of nitrogen functional groups attached to an aromatic ring is 1. The molecule has 100 valence electrons. The third kappa shape index (κ3) is 2.84. The van der Waals surface area contributed by atoms with Gasteiger partial charge in [0.25, 0.3) is 0 Å². The molecule has 0 aliphatic rings. The SMILES string of the molecule is Nc1[nH]ncc1C(=O)Oc1ccc(C(F)(F)F)cc1. The Morgan fingerprint density at radius 1 is 1.26 bits per heavy atom. The summed E-state index contributed by atoms with van der Waals surface area (Å²) in [5.74, 6) is -0.790. The van der Waals surface area contributed by atoms with Gasteiger partial charge in [-0.25, -0.2) is 4.79 Å². The number of nitrogens with one attached hydrogen (secondary N) is 1. The normalized spacial score (nSPS) is 11.3. The van der Waals surface area contributed by atoms with Crippen molar-refractivity contribution in [3.63, 3.8) is 0 Å². The lowest BCUT2D eigenvalue weighted by atomic mass is 10.2. The van der Waals surface area contributed by atoms with Gasteiger partial charge in [0, 0.05) is 0 Å². The number of benzene rings is 1. The predicted octanol–water partition coefficient (Wildman–Crippen LogP) is 2.23. The number of ether oxygens (including phenoxy) is 1. The van der Waals surface area contributed by atoms with Crippen molar-refractivity contribution in [1.82, 2.24) is 10.2 Å². The Balaban J connectivity index is 2.12. The van der Waals surface area contributed by atoms with Gasteiger partial charge >= 0.3 is 12.1 Å². The number of aromatic amines is 1. The van der Waals surface area contributed by atoms with Crippen LogP contribution < -0.4 is 10.5 Å². The van der Waals surface area contributed by atoms with Crippen LogP contribution in [0.1, 0.15) is 15.9 Å². The zero-order valence-corrected chi connectivity index (χ0v) is 9.36. The van der Waals surface area contributed by atoms with Crippen LogP contribution in [-0.4, -0.2) is 16.2 Å². The number of anilines is 1. The standard InChI is InChI=1S/C11H8F3N3O2/c12-11(13,14)6-1-3-7(4-2-6)19-10(18)8-5-16-17-9(8)15/h1-5H,(H3,15,16,17). The predicted molar refractivity (Wildman–Crippen MR) is 59.4 cm³/mol. The number of rotatable bonds is 2. The van der Waals surface area contributed by atoms with Gasteiger partial charge in [-0.3, -0.25) is 5.10 Å². The van der Waals surface area contributed by atoms with Gasteiger partial charge in [-0.15, -0.1) is 0 Å². The minimum atomic E-state index is -4.43. The maximum atomic E-state index is 12.3. The van der Waals surface area contributed by atoms with Gasteiger partial charge in [0.15, 0.2) is 0 Å². The summed E-state index contributed by atoms with van der Waals surface area (Å²) < 4.78 is 41.8. The fourth-order valence-corrected chi connectivity index (χ4v) is 1.33. The maximum Gasteiger partial charge on any atom is 0.416 e. The second kappa shape index (κ2) is 4.63. The van der Waals surface area contributed by atoms with Crippen LogP contribution in [0.5, 0.6) is 5.75 Å². The molecule has 2 rings (SSSR count). The van der Waals surface area contributed by atoms with Crippen molar-refractivity contribution >= 4 is 11.8 Å². The summed E-state index contributed by atoms with van der Waals surface area (Å²) in [6, 6.07) is 3.75. The van der Waals surface area contributed by atoms with Gasteiger partial charge < -0.3 is 10.5 Å². The minimum absolute atomic E-state index is 0.0138. The summed E-state index contributed by atoms with van der Waals surface area (Å²) >= 11 is 0. The third-order valence-electron chi connectivity index (χ3n) is 2.28. The number of nitrogens with zero attached hydrogens (tertiary/aromatic N) is 1. The summed E-state index contributed by atoms with van der Waals surface area (Å²) in [5, 5.41) is 5.87. The topological polar surface area (TPSA) is 81.0 Å². The van der Waals surface area contributed by atoms with Crippen molar-refractivity contribution in [3.8, 4) is 5.75 Å². The van der Waals surface area contributed by atoms with E-state index in [-0.39, 0.29) is 17.1 Å². The first-order valence-corrected chi connectivity index (χ1v) is 5.06. The smallest absolute Gasteiger partial charge is 0.416 e. The lowest BCUT2D eigenvalue weighted by molar-refractivity contribution is -0.137. The molecule has 1 heterocycles. The number of hydrogen-bond acceptors (Lipinski definition) is 4. The molecule has 1 aromatic heterocycles. The second-order valence-electron chi connectivity index (χ2n) is 3.61. The average molecular weight is 271 g/mol. The molecule has 0 saturated carbocycles. The van der Waals surface area contributed by atoms with E-state index in [1.165, 1.54) is 6.20 Å². The Bertz CT molecular complexity index is 590. The number of aromatic nitrogens is 2. The first-order chi connectivity index (χ1) is 8.88. The van der Waals surface area contributed by atoms with Crippen molar-refractivity contribution in [1.29, 1.82) is 0 Å². The van der Waals surface area contributed by atoms with E-state index < -0.39 is 17.7 Å². The Morgan fingerprint density at radius 3 is 2.37 bits per heavy atom. The van der Waals surface area contributed by atoms with Crippen molar-refractivity contribution in [3.05, 3.63) is 41.6 Å². The highest BCUT2D eigenvalue weighted by Crippen LogP contribution is 2.30. The van der Waals surface area contributed by atoms with Crippen molar-refractivity contribution < 1.29 is 22.7 Å². The third-order valence-corrected chi connectivity index (χ3v) is 2.28. The molecular weight excluding hydrogens is 263 g/mol. The number of H-pyrrole nitrogens is 1. The van der Waals surface area contributed by atoms with Crippen LogP contribution in [0.3, 0.4) is 0 Å². The Kier molecular flexibility index (Phi) is 3.16. The lowest BCUT2D eigenvalue weighted by Gasteiger charge is -2.07. The Labute approximate surface area is 105 Å². The van der Waals surface area contributed by atoms with Gasteiger partial charge in [0.05, 0.1) is 11.8 Å². The van der Waals surface area contributed by atoms with Crippen molar-refractivity contribution in [2.75, 3.05) is 5.73 Å².